The molecule has 0 aliphatic carbocycles. The van der Waals surface area contributed by atoms with Crippen LogP contribution in [-0.2, 0) is 0 Å². The van der Waals surface area contributed by atoms with Crippen LogP contribution in [0.4, 0.5) is 11.8 Å². The number of hydrazine groups is 1. The maximum atomic E-state index is 5.73. The molecule has 0 amide bonds. The van der Waals surface area contributed by atoms with E-state index in [-0.39, 0.29) is 5.95 Å². The van der Waals surface area contributed by atoms with Crippen LogP contribution in [0.3, 0.4) is 0 Å². The molecule has 0 aliphatic heterocycles. The van der Waals surface area contributed by atoms with Crippen molar-refractivity contribution in [1.82, 2.24) is 19.7 Å². The van der Waals surface area contributed by atoms with Gasteiger partial charge in [-0.2, -0.15) is 15.1 Å². The molecule has 5 N–H and O–H groups in total. The lowest BCUT2D eigenvalue weighted by Gasteiger charge is -2.04. The van der Waals surface area contributed by atoms with Crippen LogP contribution in [0.25, 0.3) is 5.82 Å². The molecule has 2 aromatic heterocycles. The summed E-state index contributed by atoms with van der Waals surface area (Å²) >= 11 is 5.73. The predicted octanol–water partition coefficient (Wildman–Crippen LogP) is 0.183. The Morgan fingerprint density at radius 1 is 1.40 bits per heavy atom. The molecule has 7 nitrogen and oxygen atoms in total. The van der Waals surface area contributed by atoms with E-state index in [9.17, 15) is 0 Å². The Labute approximate surface area is 90.0 Å². The minimum Gasteiger partial charge on any atom is -0.368 e. The maximum Gasteiger partial charge on any atom is 0.224 e. The molecule has 2 aromatic rings. The van der Waals surface area contributed by atoms with E-state index in [1.54, 1.807) is 12.3 Å². The van der Waals surface area contributed by atoms with Crippen LogP contribution in [0.5, 0.6) is 0 Å². The molecule has 0 saturated heterocycles. The number of nitrogens with zero attached hydrogens (tertiary/aromatic N) is 4. The number of hydrogen-bond donors (Lipinski definition) is 3. The summed E-state index contributed by atoms with van der Waals surface area (Å²) in [5.74, 6) is 6.22. The summed E-state index contributed by atoms with van der Waals surface area (Å²) in [5, 5.41) is 4.48. The fourth-order valence-corrected chi connectivity index (χ4v) is 1.21. The van der Waals surface area contributed by atoms with Crippen molar-refractivity contribution in [2.75, 3.05) is 11.2 Å². The van der Waals surface area contributed by atoms with Gasteiger partial charge in [0.1, 0.15) is 5.82 Å². The number of rotatable bonds is 2. The van der Waals surface area contributed by atoms with E-state index >= 15 is 0 Å². The van der Waals surface area contributed by atoms with E-state index in [4.69, 9.17) is 23.2 Å². The molecule has 78 valence electrons. The average molecular weight is 226 g/mol. The van der Waals surface area contributed by atoms with E-state index in [0.29, 0.717) is 16.7 Å². The highest BCUT2D eigenvalue weighted by Crippen LogP contribution is 2.13. The predicted molar refractivity (Wildman–Crippen MR) is 56.4 cm³/mol. The van der Waals surface area contributed by atoms with E-state index in [0.717, 1.165) is 0 Å². The van der Waals surface area contributed by atoms with Crippen molar-refractivity contribution in [3.05, 3.63) is 23.5 Å². The molecule has 0 aromatic carbocycles. The van der Waals surface area contributed by atoms with Gasteiger partial charge >= 0.3 is 0 Å². The van der Waals surface area contributed by atoms with Gasteiger partial charge in [0.2, 0.25) is 5.95 Å². The number of halogens is 1. The molecule has 0 aliphatic rings. The van der Waals surface area contributed by atoms with Gasteiger partial charge in [0.25, 0.3) is 0 Å². The largest absolute Gasteiger partial charge is 0.368 e. The third-order valence-electron chi connectivity index (χ3n) is 1.66. The first kappa shape index (κ1) is 9.69. The number of nitrogen functional groups attached to an aromatic ring is 2. The highest BCUT2D eigenvalue weighted by Gasteiger charge is 2.04. The lowest BCUT2D eigenvalue weighted by Crippen LogP contribution is -2.12. The minimum atomic E-state index is 0.104. The summed E-state index contributed by atoms with van der Waals surface area (Å²) in [5.41, 5.74) is 7.87. The molecule has 0 saturated carbocycles. The molecule has 2 rings (SSSR count). The average Bonchev–Trinajstić information content (AvgIpc) is 2.64. The molecular weight excluding hydrogens is 218 g/mol. The molecule has 2 heterocycles. The van der Waals surface area contributed by atoms with Gasteiger partial charge in [-0.1, -0.05) is 11.6 Å². The Morgan fingerprint density at radius 3 is 2.80 bits per heavy atom. The van der Waals surface area contributed by atoms with Crippen molar-refractivity contribution in [3.63, 3.8) is 0 Å². The quantitative estimate of drug-likeness (QED) is 0.497. The van der Waals surface area contributed by atoms with Crippen molar-refractivity contribution in [3.8, 4) is 5.82 Å². The van der Waals surface area contributed by atoms with E-state index in [1.165, 1.54) is 10.9 Å². The zero-order valence-electron chi connectivity index (χ0n) is 7.55. The van der Waals surface area contributed by atoms with Crippen molar-refractivity contribution in [2.45, 2.75) is 0 Å². The van der Waals surface area contributed by atoms with Gasteiger partial charge in [-0.15, -0.1) is 0 Å². The Balaban J connectivity index is 2.48. The zero-order valence-corrected chi connectivity index (χ0v) is 8.31. The number of nitrogens with two attached hydrogens (primary N) is 2. The standard InChI is InChI=1S/C7H8ClN7/c8-4-2-11-15(3-4)6-1-5(14-10)12-7(9)13-6/h1-3H,10H2,(H3,9,12,13,14). The Morgan fingerprint density at radius 2 is 2.20 bits per heavy atom. The fraction of sp³-hybridized carbons (Fsp3) is 0. The molecule has 15 heavy (non-hydrogen) atoms. The van der Waals surface area contributed by atoms with E-state index in [1.807, 2.05) is 0 Å². The summed E-state index contributed by atoms with van der Waals surface area (Å²) < 4.78 is 1.47. The van der Waals surface area contributed by atoms with Crippen molar-refractivity contribution < 1.29 is 0 Å². The van der Waals surface area contributed by atoms with Crippen LogP contribution in [0.1, 0.15) is 0 Å². The van der Waals surface area contributed by atoms with E-state index < -0.39 is 0 Å². The Bertz CT molecular complexity index is 480. The van der Waals surface area contributed by atoms with Crippen molar-refractivity contribution >= 4 is 23.4 Å². The number of aromatic nitrogens is 4. The molecule has 0 radical (unpaired) electrons. The smallest absolute Gasteiger partial charge is 0.224 e. The first-order chi connectivity index (χ1) is 7.19. The fourth-order valence-electron chi connectivity index (χ4n) is 1.07. The second kappa shape index (κ2) is 3.71. The third kappa shape index (κ3) is 1.97. The Hall–Kier alpha value is -1.86. The lowest BCUT2D eigenvalue weighted by atomic mass is 10.5. The van der Waals surface area contributed by atoms with Crippen molar-refractivity contribution in [2.24, 2.45) is 5.84 Å². The SMILES string of the molecule is NNc1cc(-n2cc(Cl)cn2)nc(N)n1. The number of nitrogens with one attached hydrogen (secondary N) is 1. The normalized spacial score (nSPS) is 10.3. The maximum absolute atomic E-state index is 5.73. The summed E-state index contributed by atoms with van der Waals surface area (Å²) in [7, 11) is 0. The van der Waals surface area contributed by atoms with Crippen molar-refractivity contribution in [1.29, 1.82) is 0 Å². The topological polar surface area (TPSA) is 108 Å². The number of anilines is 2. The van der Waals surface area contributed by atoms with Gasteiger partial charge in [0.05, 0.1) is 17.4 Å². The summed E-state index contributed by atoms with van der Waals surface area (Å²) in [6.07, 6.45) is 3.10. The number of hydrogen-bond acceptors (Lipinski definition) is 6. The Kier molecular flexibility index (Phi) is 2.40. The van der Waals surface area contributed by atoms with Crippen LogP contribution >= 0.6 is 11.6 Å². The lowest BCUT2D eigenvalue weighted by molar-refractivity contribution is 0.843. The highest BCUT2D eigenvalue weighted by atomic mass is 35.5. The van der Waals surface area contributed by atoms with Gasteiger partial charge in [0, 0.05) is 6.07 Å². The van der Waals surface area contributed by atoms with Gasteiger partial charge in [0.15, 0.2) is 5.82 Å². The van der Waals surface area contributed by atoms with Crippen LogP contribution < -0.4 is 17.0 Å². The molecule has 8 heteroatoms. The summed E-state index contributed by atoms with van der Waals surface area (Å²) in [6, 6.07) is 1.60. The van der Waals surface area contributed by atoms with E-state index in [2.05, 4.69) is 20.5 Å². The van der Waals surface area contributed by atoms with Gasteiger partial charge in [-0.05, 0) is 0 Å². The molecule has 0 bridgehead atoms. The van der Waals surface area contributed by atoms with Gasteiger partial charge in [-0.25, -0.2) is 10.5 Å². The van der Waals surface area contributed by atoms with Gasteiger partial charge in [-0.3, -0.25) is 0 Å². The highest BCUT2D eigenvalue weighted by molar-refractivity contribution is 6.30. The zero-order chi connectivity index (χ0) is 10.8. The second-order valence-corrected chi connectivity index (χ2v) is 3.15. The monoisotopic (exact) mass is 225 g/mol. The molecule has 0 atom stereocenters. The summed E-state index contributed by atoms with van der Waals surface area (Å²) in [6.45, 7) is 0. The first-order valence-electron chi connectivity index (χ1n) is 4.01. The van der Waals surface area contributed by atoms with Crippen LogP contribution in [-0.4, -0.2) is 19.7 Å². The van der Waals surface area contributed by atoms with Crippen LogP contribution in [0.15, 0.2) is 18.5 Å². The minimum absolute atomic E-state index is 0.104. The van der Waals surface area contributed by atoms with Crippen LogP contribution in [0, 0.1) is 0 Å². The second-order valence-electron chi connectivity index (χ2n) is 2.72. The molecule has 0 fully saturated rings. The van der Waals surface area contributed by atoms with Gasteiger partial charge < -0.3 is 11.2 Å². The molecule has 0 unspecified atom stereocenters. The third-order valence-corrected chi connectivity index (χ3v) is 1.86. The summed E-state index contributed by atoms with van der Waals surface area (Å²) in [4.78, 5) is 7.82. The molecular formula is C7H8ClN7. The first-order valence-corrected chi connectivity index (χ1v) is 4.38. The van der Waals surface area contributed by atoms with Crippen LogP contribution in [0.2, 0.25) is 5.02 Å². The molecule has 0 spiro atoms.